The zero-order valence-corrected chi connectivity index (χ0v) is 7.69. The van der Waals surface area contributed by atoms with Crippen molar-refractivity contribution in [1.82, 2.24) is 0 Å². The molecule has 1 aliphatic heterocycles. The Morgan fingerprint density at radius 2 is 2.15 bits per heavy atom. The van der Waals surface area contributed by atoms with Crippen molar-refractivity contribution in [3.05, 3.63) is 29.8 Å². The third-order valence-corrected chi connectivity index (χ3v) is 2.23. The molecule has 3 nitrogen and oxygen atoms in total. The largest absolute Gasteiger partial charge is 0.222 e. The molecule has 1 aromatic carbocycles. The summed E-state index contributed by atoms with van der Waals surface area (Å²) in [5.74, 6) is 0. The summed E-state index contributed by atoms with van der Waals surface area (Å²) in [6.45, 7) is 0.894. The number of rotatable bonds is 2. The second-order valence-corrected chi connectivity index (χ2v) is 3.08. The van der Waals surface area contributed by atoms with Crippen LogP contribution in [0.5, 0.6) is 0 Å². The Morgan fingerprint density at radius 1 is 1.31 bits per heavy atom. The van der Waals surface area contributed by atoms with E-state index < -0.39 is 0 Å². The van der Waals surface area contributed by atoms with E-state index in [0.29, 0.717) is 0 Å². The minimum Gasteiger partial charge on any atom is -0.222 e. The van der Waals surface area contributed by atoms with E-state index >= 15 is 0 Å². The second-order valence-electron chi connectivity index (χ2n) is 3.08. The molecule has 0 atom stereocenters. The first-order chi connectivity index (χ1) is 6.42. The maximum atomic E-state index is 5.04. The Bertz CT molecular complexity index is 288. The average molecular weight is 179 g/mol. The predicted molar refractivity (Wildman–Crippen MR) is 50.2 cm³/mol. The minimum atomic E-state index is 0.894. The van der Waals surface area contributed by atoms with E-state index in [9.17, 15) is 0 Å². The number of benzene rings is 1. The van der Waals surface area contributed by atoms with Gasteiger partial charge in [0, 0.05) is 6.54 Å². The number of anilines is 1. The van der Waals surface area contributed by atoms with E-state index in [1.165, 1.54) is 12.7 Å². The lowest BCUT2D eigenvalue weighted by atomic mass is 10.0. The molecule has 0 aliphatic carbocycles. The van der Waals surface area contributed by atoms with Crippen molar-refractivity contribution in [2.45, 2.75) is 12.8 Å². The summed E-state index contributed by atoms with van der Waals surface area (Å²) in [6.07, 6.45) is 2.24. The summed E-state index contributed by atoms with van der Waals surface area (Å²) in [5.41, 5.74) is 2.45. The van der Waals surface area contributed by atoms with Crippen molar-refractivity contribution in [2.75, 3.05) is 18.7 Å². The molecule has 0 radical (unpaired) electrons. The van der Waals surface area contributed by atoms with E-state index in [0.717, 1.165) is 25.1 Å². The first-order valence-electron chi connectivity index (χ1n) is 4.48. The molecule has 2 rings (SSSR count). The molecule has 0 unspecified atom stereocenters. The zero-order chi connectivity index (χ0) is 9.10. The topological polar surface area (TPSA) is 21.7 Å². The van der Waals surface area contributed by atoms with Gasteiger partial charge >= 0.3 is 0 Å². The van der Waals surface area contributed by atoms with Crippen molar-refractivity contribution in [3.63, 3.8) is 0 Å². The van der Waals surface area contributed by atoms with Crippen LogP contribution in [0.15, 0.2) is 24.3 Å². The molecule has 0 saturated carbocycles. The van der Waals surface area contributed by atoms with Crippen LogP contribution in [0.4, 0.5) is 5.69 Å². The number of hydroxylamine groups is 1. The van der Waals surface area contributed by atoms with Crippen LogP contribution in [-0.4, -0.2) is 13.7 Å². The Kier molecular flexibility index (Phi) is 2.47. The van der Waals surface area contributed by atoms with Gasteiger partial charge in [0.1, 0.15) is 0 Å². The summed E-state index contributed by atoms with van der Waals surface area (Å²) in [5, 5.41) is 1.79. The standard InChI is InChI=1S/C10H13NO2/c1-12-13-11-8-4-6-9-5-2-3-7-10(9)11/h2-3,5,7H,4,6,8H2,1H3. The summed E-state index contributed by atoms with van der Waals surface area (Å²) in [6, 6.07) is 8.24. The van der Waals surface area contributed by atoms with Crippen molar-refractivity contribution < 1.29 is 9.88 Å². The summed E-state index contributed by atoms with van der Waals surface area (Å²) < 4.78 is 0. The molecule has 13 heavy (non-hydrogen) atoms. The third-order valence-electron chi connectivity index (χ3n) is 2.23. The molecule has 0 amide bonds. The number of para-hydroxylation sites is 1. The molecular formula is C10H13NO2. The highest BCUT2D eigenvalue weighted by Gasteiger charge is 2.16. The monoisotopic (exact) mass is 179 g/mol. The molecule has 0 N–H and O–H groups in total. The van der Waals surface area contributed by atoms with Crippen LogP contribution < -0.4 is 5.06 Å². The van der Waals surface area contributed by atoms with Crippen molar-refractivity contribution in [3.8, 4) is 0 Å². The zero-order valence-electron chi connectivity index (χ0n) is 7.69. The average Bonchev–Trinajstić information content (AvgIpc) is 2.19. The van der Waals surface area contributed by atoms with Gasteiger partial charge in [0.15, 0.2) is 0 Å². The summed E-state index contributed by atoms with van der Waals surface area (Å²) in [7, 11) is 1.53. The van der Waals surface area contributed by atoms with E-state index in [-0.39, 0.29) is 0 Å². The number of nitrogens with zero attached hydrogens (tertiary/aromatic N) is 1. The van der Waals surface area contributed by atoms with Crippen LogP contribution in [-0.2, 0) is 16.3 Å². The van der Waals surface area contributed by atoms with Gasteiger partial charge in [-0.2, -0.15) is 0 Å². The molecule has 0 saturated heterocycles. The molecule has 1 heterocycles. The molecule has 0 fully saturated rings. The Labute approximate surface area is 77.8 Å². The van der Waals surface area contributed by atoms with Gasteiger partial charge in [-0.05, 0) is 24.5 Å². The molecule has 0 aromatic heterocycles. The maximum Gasteiger partial charge on any atom is 0.0738 e. The first kappa shape index (κ1) is 8.53. The van der Waals surface area contributed by atoms with Gasteiger partial charge < -0.3 is 0 Å². The molecule has 1 aromatic rings. The fourth-order valence-corrected chi connectivity index (χ4v) is 1.67. The first-order valence-corrected chi connectivity index (χ1v) is 4.48. The van der Waals surface area contributed by atoms with Crippen LogP contribution in [0.3, 0.4) is 0 Å². The molecule has 70 valence electrons. The van der Waals surface area contributed by atoms with Crippen molar-refractivity contribution in [1.29, 1.82) is 0 Å². The van der Waals surface area contributed by atoms with E-state index in [1.807, 2.05) is 12.1 Å². The summed E-state index contributed by atoms with van der Waals surface area (Å²) >= 11 is 0. The van der Waals surface area contributed by atoms with Gasteiger partial charge in [-0.15, -0.1) is 4.99 Å². The summed E-state index contributed by atoms with van der Waals surface area (Å²) in [4.78, 5) is 9.71. The minimum absolute atomic E-state index is 0.894. The van der Waals surface area contributed by atoms with Gasteiger partial charge in [-0.25, -0.2) is 9.95 Å². The van der Waals surface area contributed by atoms with Gasteiger partial charge in [0.05, 0.1) is 12.8 Å². The number of hydrogen-bond acceptors (Lipinski definition) is 3. The number of hydrogen-bond donors (Lipinski definition) is 0. The fraction of sp³-hybridized carbons (Fsp3) is 0.400. The van der Waals surface area contributed by atoms with E-state index in [2.05, 4.69) is 17.0 Å². The second kappa shape index (κ2) is 3.77. The fourth-order valence-electron chi connectivity index (χ4n) is 1.67. The van der Waals surface area contributed by atoms with Gasteiger partial charge in [-0.1, -0.05) is 18.2 Å². The molecule has 0 spiro atoms. The van der Waals surface area contributed by atoms with Gasteiger partial charge in [0.25, 0.3) is 0 Å². The molecular weight excluding hydrogens is 166 g/mol. The van der Waals surface area contributed by atoms with Crippen molar-refractivity contribution >= 4 is 5.69 Å². The molecule has 1 aliphatic rings. The van der Waals surface area contributed by atoms with Crippen LogP contribution in [0.2, 0.25) is 0 Å². The van der Waals surface area contributed by atoms with Gasteiger partial charge in [0.2, 0.25) is 0 Å². The van der Waals surface area contributed by atoms with Crippen LogP contribution in [0, 0.1) is 0 Å². The lowest BCUT2D eigenvalue weighted by Crippen LogP contribution is -2.29. The van der Waals surface area contributed by atoms with Crippen molar-refractivity contribution in [2.24, 2.45) is 0 Å². The highest BCUT2D eigenvalue weighted by atomic mass is 17.3. The molecule has 0 bridgehead atoms. The smallest absolute Gasteiger partial charge is 0.0738 e. The maximum absolute atomic E-state index is 5.04. The Hall–Kier alpha value is -1.06. The number of fused-ring (bicyclic) bond motifs is 1. The SMILES string of the molecule is COON1CCCc2ccccc21. The lowest BCUT2D eigenvalue weighted by Gasteiger charge is -2.27. The van der Waals surface area contributed by atoms with Crippen LogP contribution in [0.25, 0.3) is 0 Å². The number of aryl methyl sites for hydroxylation is 1. The quantitative estimate of drug-likeness (QED) is 0.511. The molecule has 3 heteroatoms. The van der Waals surface area contributed by atoms with Crippen LogP contribution in [0.1, 0.15) is 12.0 Å². The predicted octanol–water partition coefficient (Wildman–Crippen LogP) is 1.93. The van der Waals surface area contributed by atoms with Crippen LogP contribution >= 0.6 is 0 Å². The third kappa shape index (κ3) is 1.66. The van der Waals surface area contributed by atoms with E-state index in [1.54, 1.807) is 5.06 Å². The highest BCUT2D eigenvalue weighted by molar-refractivity contribution is 5.53. The highest BCUT2D eigenvalue weighted by Crippen LogP contribution is 2.26. The Balaban J connectivity index is 2.26. The Morgan fingerprint density at radius 3 is 3.00 bits per heavy atom. The normalized spacial score (nSPS) is 15.6. The van der Waals surface area contributed by atoms with E-state index in [4.69, 9.17) is 4.99 Å². The lowest BCUT2D eigenvalue weighted by molar-refractivity contribution is -0.283. The van der Waals surface area contributed by atoms with Gasteiger partial charge in [-0.3, -0.25) is 0 Å².